The van der Waals surface area contributed by atoms with E-state index in [1.165, 1.54) is 12.1 Å². The van der Waals surface area contributed by atoms with Crippen molar-refractivity contribution < 1.29 is 9.90 Å². The topological polar surface area (TPSA) is 66.6 Å². The molecule has 0 heterocycles. The standard InChI is InChI=1S/C13H12N2O2/c14-15(11-7-4-8-12(16)9-11)13(17)10-5-2-1-3-6-10/h1-9,16H,14H2. The molecule has 86 valence electrons. The number of hydrazine groups is 1. The van der Waals surface area contributed by atoms with Crippen molar-refractivity contribution in [1.82, 2.24) is 0 Å². The van der Waals surface area contributed by atoms with E-state index in [1.807, 2.05) is 6.07 Å². The molecule has 3 N–H and O–H groups in total. The van der Waals surface area contributed by atoms with Crippen molar-refractivity contribution >= 4 is 11.6 Å². The zero-order valence-corrected chi connectivity index (χ0v) is 9.08. The fourth-order valence-corrected chi connectivity index (χ4v) is 1.48. The molecule has 0 aliphatic heterocycles. The Morgan fingerprint density at radius 3 is 2.41 bits per heavy atom. The van der Waals surface area contributed by atoms with E-state index < -0.39 is 0 Å². The number of phenols is 1. The minimum atomic E-state index is -0.323. The fraction of sp³-hybridized carbons (Fsp3) is 0. The second-order valence-electron chi connectivity index (χ2n) is 3.56. The Labute approximate surface area is 98.9 Å². The molecule has 2 aromatic rings. The van der Waals surface area contributed by atoms with Gasteiger partial charge in [-0.25, -0.2) is 10.9 Å². The highest BCUT2D eigenvalue weighted by atomic mass is 16.3. The Morgan fingerprint density at radius 1 is 1.06 bits per heavy atom. The van der Waals surface area contributed by atoms with Crippen molar-refractivity contribution in [2.75, 3.05) is 5.01 Å². The van der Waals surface area contributed by atoms with Crippen LogP contribution in [-0.2, 0) is 0 Å². The van der Waals surface area contributed by atoms with E-state index in [4.69, 9.17) is 5.84 Å². The number of nitrogens with zero attached hydrogens (tertiary/aromatic N) is 1. The summed E-state index contributed by atoms with van der Waals surface area (Å²) in [6.45, 7) is 0. The zero-order chi connectivity index (χ0) is 12.3. The van der Waals surface area contributed by atoms with Crippen LogP contribution in [-0.4, -0.2) is 11.0 Å². The van der Waals surface area contributed by atoms with Gasteiger partial charge in [0.15, 0.2) is 0 Å². The van der Waals surface area contributed by atoms with Crippen molar-refractivity contribution in [1.29, 1.82) is 0 Å². The van der Waals surface area contributed by atoms with Crippen LogP contribution < -0.4 is 10.9 Å². The second-order valence-corrected chi connectivity index (χ2v) is 3.56. The van der Waals surface area contributed by atoms with E-state index in [-0.39, 0.29) is 11.7 Å². The van der Waals surface area contributed by atoms with Gasteiger partial charge in [0.25, 0.3) is 5.91 Å². The van der Waals surface area contributed by atoms with Crippen LogP contribution in [0.25, 0.3) is 0 Å². The van der Waals surface area contributed by atoms with Gasteiger partial charge in [-0.15, -0.1) is 0 Å². The lowest BCUT2D eigenvalue weighted by Crippen LogP contribution is -2.37. The third-order valence-electron chi connectivity index (χ3n) is 2.35. The van der Waals surface area contributed by atoms with Crippen LogP contribution in [0.4, 0.5) is 5.69 Å². The normalized spacial score (nSPS) is 9.94. The molecule has 0 aromatic heterocycles. The molecular weight excluding hydrogens is 216 g/mol. The van der Waals surface area contributed by atoms with Gasteiger partial charge in [0.05, 0.1) is 5.69 Å². The lowest BCUT2D eigenvalue weighted by molar-refractivity contribution is 0.0987. The molecule has 0 aliphatic carbocycles. The van der Waals surface area contributed by atoms with Gasteiger partial charge in [0.1, 0.15) is 5.75 Å². The molecule has 0 spiro atoms. The van der Waals surface area contributed by atoms with E-state index >= 15 is 0 Å². The first kappa shape index (κ1) is 11.2. The van der Waals surface area contributed by atoms with Gasteiger partial charge >= 0.3 is 0 Å². The molecule has 4 nitrogen and oxygen atoms in total. The summed E-state index contributed by atoms with van der Waals surface area (Å²) in [7, 11) is 0. The van der Waals surface area contributed by atoms with Gasteiger partial charge in [-0.2, -0.15) is 0 Å². The molecule has 1 amide bonds. The highest BCUT2D eigenvalue weighted by Crippen LogP contribution is 2.19. The lowest BCUT2D eigenvalue weighted by atomic mass is 10.2. The number of carbonyl (C=O) groups is 1. The molecule has 0 saturated heterocycles. The average Bonchev–Trinajstić information content (AvgIpc) is 2.38. The van der Waals surface area contributed by atoms with Gasteiger partial charge in [-0.3, -0.25) is 4.79 Å². The van der Waals surface area contributed by atoms with Crippen LogP contribution in [0, 0.1) is 0 Å². The minimum Gasteiger partial charge on any atom is -0.508 e. The maximum absolute atomic E-state index is 12.0. The van der Waals surface area contributed by atoms with Crippen molar-refractivity contribution in [2.24, 2.45) is 5.84 Å². The van der Waals surface area contributed by atoms with Gasteiger partial charge in [0.2, 0.25) is 0 Å². The number of phenolic OH excluding ortho intramolecular Hbond substituents is 1. The first-order chi connectivity index (χ1) is 8.18. The van der Waals surface area contributed by atoms with Crippen molar-refractivity contribution in [2.45, 2.75) is 0 Å². The van der Waals surface area contributed by atoms with Crippen LogP contribution in [0.2, 0.25) is 0 Å². The van der Waals surface area contributed by atoms with Crippen LogP contribution in [0.15, 0.2) is 54.6 Å². The number of aromatic hydroxyl groups is 1. The molecule has 2 aromatic carbocycles. The third-order valence-corrected chi connectivity index (χ3v) is 2.35. The number of anilines is 1. The van der Waals surface area contributed by atoms with Crippen molar-refractivity contribution in [3.05, 3.63) is 60.2 Å². The summed E-state index contributed by atoms with van der Waals surface area (Å²) in [5.74, 6) is 5.46. The summed E-state index contributed by atoms with van der Waals surface area (Å²) in [6, 6.07) is 15.0. The Morgan fingerprint density at radius 2 is 1.76 bits per heavy atom. The van der Waals surface area contributed by atoms with Crippen molar-refractivity contribution in [3.63, 3.8) is 0 Å². The van der Waals surface area contributed by atoms with E-state index in [2.05, 4.69) is 0 Å². The largest absolute Gasteiger partial charge is 0.508 e. The van der Waals surface area contributed by atoms with Crippen LogP contribution in [0.5, 0.6) is 5.75 Å². The lowest BCUT2D eigenvalue weighted by Gasteiger charge is -2.16. The number of amides is 1. The molecule has 4 heteroatoms. The molecular formula is C13H12N2O2. The molecule has 0 aliphatic rings. The Bertz CT molecular complexity index is 526. The third kappa shape index (κ3) is 2.43. The van der Waals surface area contributed by atoms with E-state index in [1.54, 1.807) is 36.4 Å². The summed E-state index contributed by atoms with van der Waals surface area (Å²) < 4.78 is 0. The maximum Gasteiger partial charge on any atom is 0.272 e. The van der Waals surface area contributed by atoms with E-state index in [0.29, 0.717) is 11.3 Å². The predicted molar refractivity (Wildman–Crippen MR) is 65.5 cm³/mol. The van der Waals surface area contributed by atoms with Crippen LogP contribution >= 0.6 is 0 Å². The predicted octanol–water partition coefficient (Wildman–Crippen LogP) is 1.91. The highest BCUT2D eigenvalue weighted by molar-refractivity contribution is 6.05. The number of rotatable bonds is 2. The summed E-state index contributed by atoms with van der Waals surface area (Å²) in [4.78, 5) is 12.0. The summed E-state index contributed by atoms with van der Waals surface area (Å²) >= 11 is 0. The minimum absolute atomic E-state index is 0.0683. The molecule has 0 unspecified atom stereocenters. The molecule has 0 radical (unpaired) electrons. The molecule has 0 atom stereocenters. The molecule has 17 heavy (non-hydrogen) atoms. The Kier molecular flexibility index (Phi) is 3.07. The molecule has 0 bridgehead atoms. The van der Waals surface area contributed by atoms with Crippen LogP contribution in [0.3, 0.4) is 0 Å². The number of benzene rings is 2. The molecule has 2 rings (SSSR count). The van der Waals surface area contributed by atoms with Gasteiger partial charge in [0, 0.05) is 11.6 Å². The smallest absolute Gasteiger partial charge is 0.272 e. The number of nitrogens with two attached hydrogens (primary N) is 1. The first-order valence-corrected chi connectivity index (χ1v) is 5.12. The number of carbonyl (C=O) groups excluding carboxylic acids is 1. The van der Waals surface area contributed by atoms with Crippen molar-refractivity contribution in [3.8, 4) is 5.75 Å². The Balaban J connectivity index is 2.27. The fourth-order valence-electron chi connectivity index (χ4n) is 1.48. The van der Waals surface area contributed by atoms with E-state index in [0.717, 1.165) is 5.01 Å². The highest BCUT2D eigenvalue weighted by Gasteiger charge is 2.13. The first-order valence-electron chi connectivity index (χ1n) is 5.12. The van der Waals surface area contributed by atoms with Gasteiger partial charge in [-0.05, 0) is 24.3 Å². The summed E-state index contributed by atoms with van der Waals surface area (Å²) in [5, 5.41) is 10.3. The SMILES string of the molecule is NN(C(=O)c1ccccc1)c1cccc(O)c1. The number of hydrogen-bond acceptors (Lipinski definition) is 3. The average molecular weight is 228 g/mol. The maximum atomic E-state index is 12.0. The van der Waals surface area contributed by atoms with Gasteiger partial charge < -0.3 is 5.11 Å². The van der Waals surface area contributed by atoms with Crippen LogP contribution in [0.1, 0.15) is 10.4 Å². The second kappa shape index (κ2) is 4.67. The zero-order valence-electron chi connectivity index (χ0n) is 9.08. The Hall–Kier alpha value is -2.33. The molecule has 0 saturated carbocycles. The monoisotopic (exact) mass is 228 g/mol. The summed E-state index contributed by atoms with van der Waals surface area (Å²) in [6.07, 6.45) is 0. The van der Waals surface area contributed by atoms with Gasteiger partial charge in [-0.1, -0.05) is 24.3 Å². The number of hydrogen-bond donors (Lipinski definition) is 2. The van der Waals surface area contributed by atoms with E-state index in [9.17, 15) is 9.90 Å². The quantitative estimate of drug-likeness (QED) is 0.468. The summed E-state index contributed by atoms with van der Waals surface area (Å²) in [5.41, 5.74) is 0.942. The molecule has 0 fully saturated rings.